The summed E-state index contributed by atoms with van der Waals surface area (Å²) in [6.45, 7) is 3.85. The zero-order valence-corrected chi connectivity index (χ0v) is 20.3. The van der Waals surface area contributed by atoms with Crippen LogP contribution in [0, 0.1) is 0 Å². The van der Waals surface area contributed by atoms with Gasteiger partial charge in [-0.3, -0.25) is 9.59 Å². The van der Waals surface area contributed by atoms with Crippen molar-refractivity contribution in [3.63, 3.8) is 0 Å². The molecule has 2 rings (SSSR count). The summed E-state index contributed by atoms with van der Waals surface area (Å²) in [6.07, 6.45) is 2.10. The first kappa shape index (κ1) is 25.0. The molecule has 0 bridgehead atoms. The maximum Gasteiger partial charge on any atom is 0.329 e. The second-order valence-electron chi connectivity index (χ2n) is 6.50. The van der Waals surface area contributed by atoms with E-state index in [0.29, 0.717) is 43.6 Å². The molecule has 2 aromatic carbocycles. The fourth-order valence-electron chi connectivity index (χ4n) is 2.38. The Morgan fingerprint density at radius 3 is 2.52 bits per heavy atom. The highest BCUT2D eigenvalue weighted by atomic mass is 79.9. The molecular weight excluding hydrogens is 509 g/mol. The third kappa shape index (κ3) is 7.12. The monoisotopic (exact) mass is 529 g/mol. The van der Waals surface area contributed by atoms with Crippen LogP contribution in [0.4, 0.5) is 0 Å². The maximum absolute atomic E-state index is 11.8. The summed E-state index contributed by atoms with van der Waals surface area (Å²) < 4.78 is 11.9. The minimum Gasteiger partial charge on any atom is -0.493 e. The van der Waals surface area contributed by atoms with Crippen LogP contribution in [0.15, 0.2) is 39.9 Å². The lowest BCUT2D eigenvalue weighted by Crippen LogP contribution is -2.41. The first-order valence-corrected chi connectivity index (χ1v) is 10.9. The lowest BCUT2D eigenvalue weighted by atomic mass is 10.2. The molecule has 2 amide bonds. The Balaban J connectivity index is 2.09. The van der Waals surface area contributed by atoms with Crippen molar-refractivity contribution in [1.29, 1.82) is 0 Å². The molecule has 2 N–H and O–H groups in total. The van der Waals surface area contributed by atoms with Crippen LogP contribution in [0.5, 0.6) is 11.5 Å². The highest BCUT2D eigenvalue weighted by molar-refractivity contribution is 9.10. The third-order valence-corrected chi connectivity index (χ3v) is 5.55. The molecule has 0 saturated carbocycles. The van der Waals surface area contributed by atoms with Crippen LogP contribution in [-0.4, -0.2) is 31.2 Å². The van der Waals surface area contributed by atoms with Gasteiger partial charge >= 0.3 is 11.8 Å². The van der Waals surface area contributed by atoms with Crippen molar-refractivity contribution >= 4 is 57.2 Å². The first-order chi connectivity index (χ1) is 14.8. The van der Waals surface area contributed by atoms with Gasteiger partial charge in [0.15, 0.2) is 11.5 Å². The fourth-order valence-corrected chi connectivity index (χ4v) is 3.46. The fraction of sp³-hybridized carbons (Fsp3) is 0.286. The third-order valence-electron chi connectivity index (χ3n) is 4.25. The first-order valence-electron chi connectivity index (χ1n) is 9.33. The van der Waals surface area contributed by atoms with Gasteiger partial charge in [-0.2, -0.15) is 5.10 Å². The van der Waals surface area contributed by atoms with E-state index in [1.807, 2.05) is 13.8 Å². The van der Waals surface area contributed by atoms with E-state index in [4.69, 9.17) is 32.7 Å². The average Bonchev–Trinajstić information content (AvgIpc) is 2.73. The van der Waals surface area contributed by atoms with Gasteiger partial charge in [0.2, 0.25) is 0 Å². The highest BCUT2D eigenvalue weighted by Crippen LogP contribution is 2.37. The molecule has 31 heavy (non-hydrogen) atoms. The van der Waals surface area contributed by atoms with Gasteiger partial charge in [-0.25, -0.2) is 5.43 Å². The van der Waals surface area contributed by atoms with Crippen molar-refractivity contribution in [2.45, 2.75) is 32.9 Å². The van der Waals surface area contributed by atoms with E-state index in [2.05, 4.69) is 31.8 Å². The van der Waals surface area contributed by atoms with E-state index < -0.39 is 11.8 Å². The lowest BCUT2D eigenvalue weighted by molar-refractivity contribution is -0.139. The molecule has 0 aromatic heterocycles. The van der Waals surface area contributed by atoms with E-state index in [1.165, 1.54) is 13.3 Å². The number of rotatable bonds is 8. The molecule has 2 aromatic rings. The minimum atomic E-state index is -0.848. The molecule has 1 atom stereocenters. The zero-order chi connectivity index (χ0) is 23.0. The molecule has 166 valence electrons. The number of nitrogens with one attached hydrogen (secondary N) is 2. The van der Waals surface area contributed by atoms with Crippen molar-refractivity contribution in [3.05, 3.63) is 56.0 Å². The van der Waals surface area contributed by atoms with Crippen LogP contribution in [0.2, 0.25) is 10.0 Å². The van der Waals surface area contributed by atoms with E-state index in [0.717, 1.165) is 0 Å². The Morgan fingerprint density at radius 1 is 1.23 bits per heavy atom. The van der Waals surface area contributed by atoms with Crippen molar-refractivity contribution in [2.75, 3.05) is 7.11 Å². The predicted molar refractivity (Wildman–Crippen MR) is 125 cm³/mol. The normalized spacial score (nSPS) is 11.8. The molecule has 0 aliphatic carbocycles. The largest absolute Gasteiger partial charge is 0.493 e. The summed E-state index contributed by atoms with van der Waals surface area (Å²) in [5, 5.41) is 7.38. The maximum atomic E-state index is 11.8. The van der Waals surface area contributed by atoms with Gasteiger partial charge in [-0.1, -0.05) is 36.2 Å². The molecule has 0 fully saturated rings. The number of carbonyl (C=O) groups excluding carboxylic acids is 2. The molecule has 0 unspecified atom stereocenters. The standard InChI is InChI=1S/C21H22BrCl2N3O4/c1-4-12(2)26-20(28)21(29)27-25-10-13-8-15(22)19(18(9-13)30-3)31-11-14-16(23)6-5-7-17(14)24/h5-10,12H,4,11H2,1-3H3,(H,26,28)(H,27,29)/b25-10-/t12-/m1/s1. The van der Waals surface area contributed by atoms with Crippen LogP contribution in [0.1, 0.15) is 31.4 Å². The molecular formula is C21H22BrCl2N3O4. The Morgan fingerprint density at radius 2 is 1.90 bits per heavy atom. The summed E-state index contributed by atoms with van der Waals surface area (Å²) in [5.41, 5.74) is 3.46. The number of hydrazone groups is 1. The summed E-state index contributed by atoms with van der Waals surface area (Å²) >= 11 is 15.8. The number of nitrogens with zero attached hydrogens (tertiary/aromatic N) is 1. The molecule has 0 radical (unpaired) electrons. The summed E-state index contributed by atoms with van der Waals surface area (Å²) in [5.74, 6) is -0.709. The van der Waals surface area contributed by atoms with Gasteiger partial charge in [0.1, 0.15) is 6.61 Å². The zero-order valence-electron chi connectivity index (χ0n) is 17.2. The van der Waals surface area contributed by atoms with Gasteiger partial charge < -0.3 is 14.8 Å². The number of methoxy groups -OCH3 is 1. The quantitative estimate of drug-likeness (QED) is 0.294. The SMILES string of the molecule is CC[C@@H](C)NC(=O)C(=O)N/N=C\c1cc(Br)c(OCc2c(Cl)cccc2Cl)c(OC)c1. The molecule has 0 heterocycles. The van der Waals surface area contributed by atoms with Crippen molar-refractivity contribution in [3.8, 4) is 11.5 Å². The van der Waals surface area contributed by atoms with Gasteiger partial charge in [0.05, 0.1) is 17.8 Å². The van der Waals surface area contributed by atoms with E-state index in [-0.39, 0.29) is 12.6 Å². The van der Waals surface area contributed by atoms with Gasteiger partial charge in [-0.05, 0) is 59.1 Å². The van der Waals surface area contributed by atoms with E-state index >= 15 is 0 Å². The number of benzene rings is 2. The summed E-state index contributed by atoms with van der Waals surface area (Å²) in [4.78, 5) is 23.5. The number of hydrogen-bond acceptors (Lipinski definition) is 5. The van der Waals surface area contributed by atoms with Crippen LogP contribution in [-0.2, 0) is 16.2 Å². The number of halogens is 3. The molecule has 0 aliphatic rings. The second-order valence-corrected chi connectivity index (χ2v) is 8.17. The Labute approximate surface area is 199 Å². The number of hydrogen-bond donors (Lipinski definition) is 2. The molecule has 10 heteroatoms. The van der Waals surface area contributed by atoms with Gasteiger partial charge in [0.25, 0.3) is 0 Å². The van der Waals surface area contributed by atoms with Crippen LogP contribution in [0.3, 0.4) is 0 Å². The lowest BCUT2D eigenvalue weighted by Gasteiger charge is -2.15. The predicted octanol–water partition coefficient (Wildman–Crippen LogP) is 4.71. The molecule has 0 aliphatic heterocycles. The number of amides is 2. The molecule has 7 nitrogen and oxygen atoms in total. The smallest absolute Gasteiger partial charge is 0.329 e. The van der Waals surface area contributed by atoms with E-state index in [1.54, 1.807) is 30.3 Å². The average molecular weight is 531 g/mol. The van der Waals surface area contributed by atoms with Crippen molar-refractivity contribution < 1.29 is 19.1 Å². The van der Waals surface area contributed by atoms with Crippen LogP contribution >= 0.6 is 39.1 Å². The second kappa shape index (κ2) is 11.9. The van der Waals surface area contributed by atoms with Gasteiger partial charge in [-0.15, -0.1) is 0 Å². The Kier molecular flexibility index (Phi) is 9.61. The summed E-state index contributed by atoms with van der Waals surface area (Å²) in [7, 11) is 1.50. The number of carbonyl (C=O) groups is 2. The topological polar surface area (TPSA) is 89.0 Å². The Hall–Kier alpha value is -2.29. The molecule has 0 saturated heterocycles. The minimum absolute atomic E-state index is 0.101. The van der Waals surface area contributed by atoms with Crippen molar-refractivity contribution in [2.24, 2.45) is 5.10 Å². The Bertz CT molecular complexity index is 965. The van der Waals surface area contributed by atoms with Crippen LogP contribution < -0.4 is 20.2 Å². The number of ether oxygens (including phenoxy) is 2. The van der Waals surface area contributed by atoms with Crippen LogP contribution in [0.25, 0.3) is 0 Å². The highest BCUT2D eigenvalue weighted by Gasteiger charge is 2.15. The molecule has 0 spiro atoms. The van der Waals surface area contributed by atoms with Gasteiger partial charge in [0, 0.05) is 21.7 Å². The van der Waals surface area contributed by atoms with Crippen molar-refractivity contribution in [1.82, 2.24) is 10.7 Å². The van der Waals surface area contributed by atoms with E-state index in [9.17, 15) is 9.59 Å². The summed E-state index contributed by atoms with van der Waals surface area (Å²) in [6, 6.07) is 8.51.